The predicted octanol–water partition coefficient (Wildman–Crippen LogP) is 1.62. The summed E-state index contributed by atoms with van der Waals surface area (Å²) in [6.07, 6.45) is 2.15. The van der Waals surface area contributed by atoms with Gasteiger partial charge in [0.15, 0.2) is 0 Å². The number of carbonyl (C=O) groups is 1. The molecule has 2 aromatic rings. The van der Waals surface area contributed by atoms with E-state index in [4.69, 9.17) is 17.3 Å². The van der Waals surface area contributed by atoms with Gasteiger partial charge in [-0.1, -0.05) is 23.7 Å². The summed E-state index contributed by atoms with van der Waals surface area (Å²) < 4.78 is 0. The minimum Gasteiger partial charge on any atom is -0.383 e. The number of carbonyl (C=O) groups excluding carboxylic acids is 1. The van der Waals surface area contributed by atoms with Crippen LogP contribution in [0.5, 0.6) is 0 Å². The number of H-pyrrole nitrogens is 1. The lowest BCUT2D eigenvalue weighted by atomic mass is 10.1. The first kappa shape index (κ1) is 12.4. The fourth-order valence-electron chi connectivity index (χ4n) is 1.54. The average molecular weight is 265 g/mol. The third-order valence-corrected chi connectivity index (χ3v) is 2.78. The number of halogens is 1. The molecule has 0 aliphatic heterocycles. The molecule has 1 aromatic heterocycles. The molecular weight excluding hydrogens is 252 g/mol. The third-order valence-electron chi connectivity index (χ3n) is 2.53. The maximum Gasteiger partial charge on any atom is 0.256 e. The summed E-state index contributed by atoms with van der Waals surface area (Å²) in [5.74, 6) is 0.0502. The van der Waals surface area contributed by atoms with Crippen molar-refractivity contribution in [1.82, 2.24) is 15.5 Å². The zero-order chi connectivity index (χ0) is 13.0. The molecule has 18 heavy (non-hydrogen) atoms. The highest BCUT2D eigenvalue weighted by molar-refractivity contribution is 6.30. The van der Waals surface area contributed by atoms with Gasteiger partial charge in [-0.3, -0.25) is 9.89 Å². The third kappa shape index (κ3) is 3.01. The summed E-state index contributed by atoms with van der Waals surface area (Å²) >= 11 is 5.79. The second kappa shape index (κ2) is 5.55. The Bertz CT molecular complexity index is 535. The van der Waals surface area contributed by atoms with Crippen LogP contribution in [-0.4, -0.2) is 22.6 Å². The SMILES string of the molecule is Nc1[nH]ncc1C(=O)NCCc1ccc(Cl)cc1. The van der Waals surface area contributed by atoms with Crippen LogP contribution in [0.25, 0.3) is 0 Å². The molecule has 0 unspecified atom stereocenters. The van der Waals surface area contributed by atoms with Crippen molar-refractivity contribution in [2.45, 2.75) is 6.42 Å². The monoisotopic (exact) mass is 264 g/mol. The predicted molar refractivity (Wildman–Crippen MR) is 70.5 cm³/mol. The molecule has 0 saturated heterocycles. The topological polar surface area (TPSA) is 83.8 Å². The number of hydrogen-bond donors (Lipinski definition) is 3. The molecule has 0 spiro atoms. The van der Waals surface area contributed by atoms with E-state index in [9.17, 15) is 4.79 Å². The highest BCUT2D eigenvalue weighted by atomic mass is 35.5. The zero-order valence-electron chi connectivity index (χ0n) is 9.61. The van der Waals surface area contributed by atoms with Gasteiger partial charge in [-0.15, -0.1) is 0 Å². The van der Waals surface area contributed by atoms with Crippen molar-refractivity contribution in [3.05, 3.63) is 46.6 Å². The summed E-state index contributed by atoms with van der Waals surface area (Å²) in [5, 5.41) is 9.69. The van der Waals surface area contributed by atoms with E-state index in [1.54, 1.807) is 0 Å². The van der Waals surface area contributed by atoms with Gasteiger partial charge >= 0.3 is 0 Å². The molecule has 2 rings (SSSR count). The molecule has 0 saturated carbocycles. The van der Waals surface area contributed by atoms with Crippen LogP contribution in [-0.2, 0) is 6.42 Å². The standard InChI is InChI=1S/C12H13ClN4O/c13-9-3-1-8(2-4-9)5-6-15-12(18)10-7-16-17-11(10)14/h1-4,7H,5-6H2,(H,15,18)(H3,14,16,17). The highest BCUT2D eigenvalue weighted by Gasteiger charge is 2.10. The molecular formula is C12H13ClN4O. The second-order valence-corrected chi connectivity index (χ2v) is 4.27. The Balaban J connectivity index is 1.84. The molecule has 1 amide bonds. The molecule has 1 heterocycles. The van der Waals surface area contributed by atoms with E-state index in [1.807, 2.05) is 24.3 Å². The molecule has 94 valence electrons. The number of nitrogens with one attached hydrogen (secondary N) is 2. The first-order chi connectivity index (χ1) is 8.66. The lowest BCUT2D eigenvalue weighted by Crippen LogP contribution is -2.26. The van der Waals surface area contributed by atoms with E-state index in [2.05, 4.69) is 15.5 Å². The molecule has 0 radical (unpaired) electrons. The molecule has 0 aliphatic rings. The molecule has 4 N–H and O–H groups in total. The Hall–Kier alpha value is -2.01. The van der Waals surface area contributed by atoms with Gasteiger partial charge in [0, 0.05) is 11.6 Å². The minimum absolute atomic E-state index is 0.227. The normalized spacial score (nSPS) is 10.3. The maximum absolute atomic E-state index is 11.7. The van der Waals surface area contributed by atoms with Crippen molar-refractivity contribution in [1.29, 1.82) is 0 Å². The first-order valence-corrected chi connectivity index (χ1v) is 5.86. The fraction of sp³-hybridized carbons (Fsp3) is 0.167. The van der Waals surface area contributed by atoms with Crippen LogP contribution in [0.15, 0.2) is 30.5 Å². The average Bonchev–Trinajstić information content (AvgIpc) is 2.78. The second-order valence-electron chi connectivity index (χ2n) is 3.83. The molecule has 0 fully saturated rings. The minimum atomic E-state index is -0.227. The molecule has 0 bridgehead atoms. The number of hydrogen-bond acceptors (Lipinski definition) is 3. The van der Waals surface area contributed by atoms with Crippen molar-refractivity contribution in [2.24, 2.45) is 0 Å². The van der Waals surface area contributed by atoms with E-state index in [0.29, 0.717) is 17.1 Å². The van der Waals surface area contributed by atoms with Gasteiger partial charge in [-0.05, 0) is 24.1 Å². The Labute approximate surface area is 109 Å². The Morgan fingerprint density at radius 1 is 1.39 bits per heavy atom. The quantitative estimate of drug-likeness (QED) is 0.785. The molecule has 5 nitrogen and oxygen atoms in total. The van der Waals surface area contributed by atoms with Gasteiger partial charge in [0.25, 0.3) is 5.91 Å². The van der Waals surface area contributed by atoms with Crippen molar-refractivity contribution in [2.75, 3.05) is 12.3 Å². The number of amides is 1. The summed E-state index contributed by atoms with van der Waals surface area (Å²) in [7, 11) is 0. The largest absolute Gasteiger partial charge is 0.383 e. The Morgan fingerprint density at radius 2 is 2.11 bits per heavy atom. The number of nitrogens with two attached hydrogens (primary N) is 1. The maximum atomic E-state index is 11.7. The number of nitrogens with zero attached hydrogens (tertiary/aromatic N) is 1. The fourth-order valence-corrected chi connectivity index (χ4v) is 1.67. The molecule has 0 aliphatic carbocycles. The summed E-state index contributed by atoms with van der Waals surface area (Å²) in [6, 6.07) is 7.51. The summed E-state index contributed by atoms with van der Waals surface area (Å²) in [4.78, 5) is 11.7. The van der Waals surface area contributed by atoms with Gasteiger partial charge in [0.2, 0.25) is 0 Å². The van der Waals surface area contributed by atoms with Crippen LogP contribution < -0.4 is 11.1 Å². The van der Waals surface area contributed by atoms with Crippen LogP contribution in [0.2, 0.25) is 5.02 Å². The highest BCUT2D eigenvalue weighted by Crippen LogP contribution is 2.10. The van der Waals surface area contributed by atoms with Crippen LogP contribution >= 0.6 is 11.6 Å². The molecule has 0 atom stereocenters. The molecule has 1 aromatic carbocycles. The Morgan fingerprint density at radius 3 is 2.72 bits per heavy atom. The van der Waals surface area contributed by atoms with Gasteiger partial charge < -0.3 is 11.1 Å². The van der Waals surface area contributed by atoms with Crippen molar-refractivity contribution in [3.8, 4) is 0 Å². The number of aromatic amines is 1. The van der Waals surface area contributed by atoms with Crippen molar-refractivity contribution < 1.29 is 4.79 Å². The lowest BCUT2D eigenvalue weighted by Gasteiger charge is -2.04. The van der Waals surface area contributed by atoms with Gasteiger partial charge in [0.1, 0.15) is 11.4 Å². The van der Waals surface area contributed by atoms with E-state index >= 15 is 0 Å². The first-order valence-electron chi connectivity index (χ1n) is 5.48. The zero-order valence-corrected chi connectivity index (χ0v) is 10.4. The number of aromatic nitrogens is 2. The number of nitrogen functional groups attached to an aromatic ring is 1. The smallest absolute Gasteiger partial charge is 0.256 e. The van der Waals surface area contributed by atoms with Crippen molar-refractivity contribution in [3.63, 3.8) is 0 Å². The van der Waals surface area contributed by atoms with Crippen LogP contribution in [0.4, 0.5) is 5.82 Å². The summed E-state index contributed by atoms with van der Waals surface area (Å²) in [5.41, 5.74) is 7.03. The number of rotatable bonds is 4. The van der Waals surface area contributed by atoms with Gasteiger partial charge in [-0.2, -0.15) is 5.10 Å². The lowest BCUT2D eigenvalue weighted by molar-refractivity contribution is 0.0955. The van der Waals surface area contributed by atoms with Gasteiger partial charge in [0.05, 0.1) is 6.20 Å². The van der Waals surface area contributed by atoms with Crippen molar-refractivity contribution >= 4 is 23.3 Å². The van der Waals surface area contributed by atoms with E-state index in [-0.39, 0.29) is 11.7 Å². The van der Waals surface area contributed by atoms with E-state index in [0.717, 1.165) is 12.0 Å². The summed E-state index contributed by atoms with van der Waals surface area (Å²) in [6.45, 7) is 0.533. The number of benzene rings is 1. The van der Waals surface area contributed by atoms with Crippen LogP contribution in [0, 0.1) is 0 Å². The Kier molecular flexibility index (Phi) is 3.84. The van der Waals surface area contributed by atoms with E-state index in [1.165, 1.54) is 6.20 Å². The van der Waals surface area contributed by atoms with E-state index < -0.39 is 0 Å². The number of anilines is 1. The van der Waals surface area contributed by atoms with Crippen LogP contribution in [0.1, 0.15) is 15.9 Å². The molecule has 6 heteroatoms. The van der Waals surface area contributed by atoms with Crippen LogP contribution in [0.3, 0.4) is 0 Å². The van der Waals surface area contributed by atoms with Gasteiger partial charge in [-0.25, -0.2) is 0 Å².